The summed E-state index contributed by atoms with van der Waals surface area (Å²) in [5, 5.41) is 18.1. The van der Waals surface area contributed by atoms with E-state index >= 15 is 0 Å². The van der Waals surface area contributed by atoms with Crippen molar-refractivity contribution < 1.29 is 19.7 Å². The highest BCUT2D eigenvalue weighted by atomic mass is 32.1. The van der Waals surface area contributed by atoms with E-state index in [0.717, 1.165) is 10.4 Å². The number of aliphatic hydroxyl groups is 2. The maximum absolute atomic E-state index is 12.5. The van der Waals surface area contributed by atoms with Crippen LogP contribution in [-0.4, -0.2) is 60.0 Å². The zero-order valence-corrected chi connectivity index (χ0v) is 12.8. The van der Waals surface area contributed by atoms with Gasteiger partial charge in [0.05, 0.1) is 42.2 Å². The molecule has 0 aliphatic carbocycles. The van der Waals surface area contributed by atoms with Crippen LogP contribution < -0.4 is 0 Å². The third-order valence-electron chi connectivity index (χ3n) is 3.27. The molecule has 1 aromatic rings. The van der Waals surface area contributed by atoms with E-state index in [-0.39, 0.29) is 25.2 Å². The number of aliphatic hydroxyl groups excluding tert-OH is 2. The van der Waals surface area contributed by atoms with E-state index in [1.807, 2.05) is 13.0 Å². The van der Waals surface area contributed by atoms with Gasteiger partial charge in [-0.15, -0.1) is 11.3 Å². The summed E-state index contributed by atoms with van der Waals surface area (Å²) >= 11 is 1.36. The van der Waals surface area contributed by atoms with E-state index in [9.17, 15) is 9.90 Å². The Hall–Kier alpha value is -1.39. The van der Waals surface area contributed by atoms with E-state index in [2.05, 4.69) is 11.8 Å². The van der Waals surface area contributed by atoms with E-state index < -0.39 is 0 Å². The smallest absolute Gasteiger partial charge is 0.264 e. The van der Waals surface area contributed by atoms with Crippen molar-refractivity contribution in [1.29, 1.82) is 0 Å². The van der Waals surface area contributed by atoms with E-state index in [1.54, 1.807) is 4.90 Å². The van der Waals surface area contributed by atoms with Crippen molar-refractivity contribution in [3.8, 4) is 11.8 Å². The van der Waals surface area contributed by atoms with Crippen molar-refractivity contribution in [2.24, 2.45) is 0 Å². The van der Waals surface area contributed by atoms with Gasteiger partial charge in [-0.1, -0.05) is 11.8 Å². The Kier molecular flexibility index (Phi) is 5.76. The van der Waals surface area contributed by atoms with Gasteiger partial charge in [0.1, 0.15) is 0 Å². The molecule has 6 heteroatoms. The van der Waals surface area contributed by atoms with Gasteiger partial charge in [-0.05, 0) is 18.6 Å². The third-order valence-corrected chi connectivity index (χ3v) is 4.41. The van der Waals surface area contributed by atoms with Gasteiger partial charge >= 0.3 is 0 Å². The third kappa shape index (κ3) is 3.83. The van der Waals surface area contributed by atoms with Crippen LogP contribution in [0.5, 0.6) is 0 Å². The summed E-state index contributed by atoms with van der Waals surface area (Å²) < 4.78 is 5.29. The molecule has 1 aromatic heterocycles. The molecular weight excluding hydrogens is 290 g/mol. The van der Waals surface area contributed by atoms with E-state index in [1.165, 1.54) is 11.3 Å². The van der Waals surface area contributed by atoms with Crippen LogP contribution in [0.1, 0.15) is 26.5 Å². The number of ether oxygens (including phenoxy) is 1. The fourth-order valence-corrected chi connectivity index (χ4v) is 3.13. The molecule has 2 heterocycles. The molecule has 0 spiro atoms. The number of rotatable bonds is 3. The minimum atomic E-state index is -0.280. The van der Waals surface area contributed by atoms with Crippen LogP contribution in [0.4, 0.5) is 0 Å². The first-order valence-corrected chi connectivity index (χ1v) is 7.68. The molecule has 1 amide bonds. The van der Waals surface area contributed by atoms with Crippen LogP contribution in [0.2, 0.25) is 0 Å². The average Bonchev–Trinajstić information content (AvgIpc) is 2.88. The Labute approximate surface area is 128 Å². The first kappa shape index (κ1) is 16.0. The molecule has 2 N–H and O–H groups in total. The number of amides is 1. The summed E-state index contributed by atoms with van der Waals surface area (Å²) in [7, 11) is 0. The molecule has 1 saturated heterocycles. The van der Waals surface area contributed by atoms with Crippen LogP contribution in [0.15, 0.2) is 6.07 Å². The molecule has 1 unspecified atom stereocenters. The zero-order valence-electron chi connectivity index (χ0n) is 12.0. The van der Waals surface area contributed by atoms with Gasteiger partial charge < -0.3 is 19.8 Å². The van der Waals surface area contributed by atoms with Crippen molar-refractivity contribution in [3.05, 3.63) is 21.4 Å². The van der Waals surface area contributed by atoms with Crippen LogP contribution in [-0.2, 0) is 4.74 Å². The summed E-state index contributed by atoms with van der Waals surface area (Å²) in [6, 6.07) is 1.55. The number of hydrogen-bond donors (Lipinski definition) is 2. The van der Waals surface area contributed by atoms with Gasteiger partial charge in [0.15, 0.2) is 0 Å². The number of thiophene rings is 1. The van der Waals surface area contributed by atoms with Crippen LogP contribution in [0.3, 0.4) is 0 Å². The lowest BCUT2D eigenvalue weighted by molar-refractivity contribution is -0.0181. The van der Waals surface area contributed by atoms with Gasteiger partial charge in [0.25, 0.3) is 5.91 Å². The molecule has 1 atom stereocenters. The fraction of sp³-hybridized carbons (Fsp3) is 0.533. The van der Waals surface area contributed by atoms with Gasteiger partial charge in [0, 0.05) is 13.0 Å². The normalized spacial score (nSPS) is 18.2. The monoisotopic (exact) mass is 309 g/mol. The van der Waals surface area contributed by atoms with Gasteiger partial charge in [0.2, 0.25) is 0 Å². The Bertz CT molecular complexity index is 558. The minimum Gasteiger partial charge on any atom is -0.395 e. The molecule has 5 nitrogen and oxygen atoms in total. The molecule has 21 heavy (non-hydrogen) atoms. The van der Waals surface area contributed by atoms with Crippen molar-refractivity contribution in [2.45, 2.75) is 19.4 Å². The predicted octanol–water partition coefficient (Wildman–Crippen LogP) is 0.624. The Balaban J connectivity index is 2.16. The second-order valence-corrected chi connectivity index (χ2v) is 5.86. The van der Waals surface area contributed by atoms with Gasteiger partial charge in [-0.2, -0.15) is 0 Å². The SMILES string of the molecule is Cc1cc(C(=O)N2CCOCC2CO)sc1C#CCCO. The Morgan fingerprint density at radius 1 is 1.57 bits per heavy atom. The second kappa shape index (κ2) is 7.57. The lowest BCUT2D eigenvalue weighted by Crippen LogP contribution is -2.50. The maximum atomic E-state index is 12.5. The molecule has 0 radical (unpaired) electrons. The molecule has 0 saturated carbocycles. The molecule has 114 valence electrons. The van der Waals surface area contributed by atoms with E-state index in [0.29, 0.717) is 31.1 Å². The largest absolute Gasteiger partial charge is 0.395 e. The summed E-state index contributed by atoms with van der Waals surface area (Å²) in [5.74, 6) is 5.77. The summed E-state index contributed by atoms with van der Waals surface area (Å²) in [6.07, 6.45) is 0.427. The fourth-order valence-electron chi connectivity index (χ4n) is 2.13. The molecular formula is C15H19NO4S. The van der Waals surface area contributed by atoms with Crippen molar-refractivity contribution >= 4 is 17.2 Å². The van der Waals surface area contributed by atoms with Crippen LogP contribution in [0.25, 0.3) is 0 Å². The van der Waals surface area contributed by atoms with Gasteiger partial charge in [-0.3, -0.25) is 4.79 Å². The highest BCUT2D eigenvalue weighted by Gasteiger charge is 2.28. The summed E-state index contributed by atoms with van der Waals surface area (Å²) in [4.78, 5) is 15.7. The lowest BCUT2D eigenvalue weighted by Gasteiger charge is -2.34. The van der Waals surface area contributed by atoms with Gasteiger partial charge in [-0.25, -0.2) is 0 Å². The van der Waals surface area contributed by atoms with Crippen molar-refractivity contribution in [2.75, 3.05) is 33.0 Å². The number of carbonyl (C=O) groups is 1. The zero-order chi connectivity index (χ0) is 15.2. The summed E-state index contributed by atoms with van der Waals surface area (Å²) in [5.41, 5.74) is 0.961. The van der Waals surface area contributed by atoms with E-state index in [4.69, 9.17) is 9.84 Å². The van der Waals surface area contributed by atoms with Crippen molar-refractivity contribution in [3.63, 3.8) is 0 Å². The van der Waals surface area contributed by atoms with Crippen molar-refractivity contribution in [1.82, 2.24) is 4.90 Å². The van der Waals surface area contributed by atoms with Crippen LogP contribution in [0, 0.1) is 18.8 Å². The number of aryl methyl sites for hydroxylation is 1. The lowest BCUT2D eigenvalue weighted by atomic mass is 10.2. The highest BCUT2D eigenvalue weighted by Crippen LogP contribution is 2.24. The molecule has 0 aromatic carbocycles. The van der Waals surface area contributed by atoms with Crippen LogP contribution >= 0.6 is 11.3 Å². The number of hydrogen-bond acceptors (Lipinski definition) is 5. The quantitative estimate of drug-likeness (QED) is 0.803. The highest BCUT2D eigenvalue weighted by molar-refractivity contribution is 7.14. The topological polar surface area (TPSA) is 70.0 Å². The number of nitrogens with zero attached hydrogens (tertiary/aromatic N) is 1. The number of morpholine rings is 1. The second-order valence-electron chi connectivity index (χ2n) is 4.81. The standard InChI is InChI=1S/C15H19NO4S/c1-11-8-14(21-13(11)4-2-3-6-17)15(19)16-5-7-20-10-12(16)9-18/h8,12,17-18H,3,5-7,9-10H2,1H3. The maximum Gasteiger partial charge on any atom is 0.264 e. The Morgan fingerprint density at radius 2 is 2.38 bits per heavy atom. The molecule has 1 aliphatic rings. The number of carbonyl (C=O) groups excluding carboxylic acids is 1. The first-order chi connectivity index (χ1) is 10.2. The minimum absolute atomic E-state index is 0.0369. The molecule has 0 bridgehead atoms. The first-order valence-electron chi connectivity index (χ1n) is 6.87. The molecule has 1 fully saturated rings. The Morgan fingerprint density at radius 3 is 3.10 bits per heavy atom. The average molecular weight is 309 g/mol. The summed E-state index contributed by atoms with van der Waals surface area (Å²) in [6.45, 7) is 3.21. The molecule has 1 aliphatic heterocycles. The molecule has 2 rings (SSSR count). The predicted molar refractivity (Wildman–Crippen MR) is 80.4 cm³/mol.